The highest BCUT2D eigenvalue weighted by atomic mass is 32.1. The van der Waals surface area contributed by atoms with Crippen LogP contribution in [0.15, 0.2) is 158 Å². The minimum Gasteiger partial charge on any atom is -0.255 e. The topological polar surface area (TPSA) is 51.6 Å². The monoisotopic (exact) mass is 618 g/mol. The smallest absolute Gasteiger partial charge is 0.164 e. The second-order valence-corrected chi connectivity index (χ2v) is 12.5. The number of fused-ring (bicyclic) bond motifs is 5. The van der Waals surface area contributed by atoms with E-state index in [1.807, 2.05) is 60.0 Å². The summed E-state index contributed by atoms with van der Waals surface area (Å²) in [5, 5.41) is 3.68. The molecule has 0 unspecified atom stereocenters. The van der Waals surface area contributed by atoms with E-state index in [4.69, 9.17) is 19.9 Å². The van der Waals surface area contributed by atoms with Crippen LogP contribution in [0.4, 0.5) is 0 Å². The van der Waals surface area contributed by atoms with E-state index in [1.165, 1.54) is 31.1 Å². The quantitative estimate of drug-likeness (QED) is 0.193. The van der Waals surface area contributed by atoms with Crippen molar-refractivity contribution in [1.29, 1.82) is 0 Å². The summed E-state index contributed by atoms with van der Waals surface area (Å²) in [4.78, 5) is 19.6. The SMILES string of the molecule is c1ccc(-c2cccc(-c3nc(-c4ccccc4)nc(-c4ccc(-c5cccc6ccc7c8ncccc8sc7c56)cc4)n3)c2)cc1. The molecule has 3 aromatic heterocycles. The normalized spacial score (nSPS) is 11.4. The lowest BCUT2D eigenvalue weighted by Crippen LogP contribution is -2.00. The Kier molecular flexibility index (Phi) is 6.61. The highest BCUT2D eigenvalue weighted by Gasteiger charge is 2.15. The Balaban J connectivity index is 1.16. The average molecular weight is 619 g/mol. The van der Waals surface area contributed by atoms with Crippen molar-refractivity contribution in [3.63, 3.8) is 0 Å². The van der Waals surface area contributed by atoms with Crippen molar-refractivity contribution in [2.24, 2.45) is 0 Å². The summed E-state index contributed by atoms with van der Waals surface area (Å²) < 4.78 is 2.47. The van der Waals surface area contributed by atoms with Crippen LogP contribution in [0.25, 0.3) is 87.5 Å². The molecule has 0 aliphatic rings. The molecular weight excluding hydrogens is 593 g/mol. The maximum absolute atomic E-state index is 5.02. The van der Waals surface area contributed by atoms with Crippen molar-refractivity contribution >= 4 is 42.4 Å². The number of aromatic nitrogens is 4. The van der Waals surface area contributed by atoms with Gasteiger partial charge in [0.25, 0.3) is 0 Å². The first-order valence-electron chi connectivity index (χ1n) is 15.6. The molecule has 0 aliphatic heterocycles. The van der Waals surface area contributed by atoms with Crippen LogP contribution in [-0.2, 0) is 0 Å². The van der Waals surface area contributed by atoms with E-state index >= 15 is 0 Å². The zero-order valence-electron chi connectivity index (χ0n) is 25.2. The number of benzene rings is 6. The van der Waals surface area contributed by atoms with Crippen LogP contribution >= 0.6 is 11.3 Å². The van der Waals surface area contributed by atoms with Gasteiger partial charge in [-0.2, -0.15) is 0 Å². The van der Waals surface area contributed by atoms with Gasteiger partial charge in [0.15, 0.2) is 17.5 Å². The minimum absolute atomic E-state index is 0.640. The van der Waals surface area contributed by atoms with Gasteiger partial charge in [-0.1, -0.05) is 133 Å². The fourth-order valence-corrected chi connectivity index (χ4v) is 7.51. The maximum atomic E-state index is 5.02. The molecule has 6 aromatic carbocycles. The first kappa shape index (κ1) is 27.3. The molecule has 0 saturated heterocycles. The lowest BCUT2D eigenvalue weighted by atomic mass is 9.96. The fourth-order valence-electron chi connectivity index (χ4n) is 6.28. The van der Waals surface area contributed by atoms with Gasteiger partial charge in [-0.05, 0) is 45.8 Å². The summed E-state index contributed by atoms with van der Waals surface area (Å²) in [6.45, 7) is 0. The summed E-state index contributed by atoms with van der Waals surface area (Å²) in [7, 11) is 0. The predicted molar refractivity (Wildman–Crippen MR) is 195 cm³/mol. The molecule has 0 spiro atoms. The number of hydrogen-bond donors (Lipinski definition) is 0. The number of rotatable bonds is 5. The Hall–Kier alpha value is -6.04. The molecule has 47 heavy (non-hydrogen) atoms. The van der Waals surface area contributed by atoms with Crippen molar-refractivity contribution in [1.82, 2.24) is 19.9 Å². The van der Waals surface area contributed by atoms with Gasteiger partial charge >= 0.3 is 0 Å². The number of thiophene rings is 1. The summed E-state index contributed by atoms with van der Waals surface area (Å²) in [6, 6.07) is 52.6. The van der Waals surface area contributed by atoms with E-state index in [2.05, 4.69) is 109 Å². The Morgan fingerprint density at radius 3 is 1.81 bits per heavy atom. The molecule has 220 valence electrons. The van der Waals surface area contributed by atoms with Gasteiger partial charge in [-0.25, -0.2) is 15.0 Å². The molecule has 0 bridgehead atoms. The molecule has 0 saturated carbocycles. The van der Waals surface area contributed by atoms with Crippen LogP contribution < -0.4 is 0 Å². The van der Waals surface area contributed by atoms with Gasteiger partial charge in [0.1, 0.15) is 0 Å². The van der Waals surface area contributed by atoms with Crippen LogP contribution in [0, 0.1) is 0 Å². The van der Waals surface area contributed by atoms with Gasteiger partial charge in [-0.3, -0.25) is 4.98 Å². The summed E-state index contributed by atoms with van der Waals surface area (Å²) in [6.07, 6.45) is 1.87. The Bertz CT molecular complexity index is 2560. The van der Waals surface area contributed by atoms with Crippen molar-refractivity contribution in [2.75, 3.05) is 0 Å². The Morgan fingerprint density at radius 2 is 1.04 bits per heavy atom. The van der Waals surface area contributed by atoms with Crippen molar-refractivity contribution < 1.29 is 0 Å². The first-order chi connectivity index (χ1) is 23.3. The average Bonchev–Trinajstić information content (AvgIpc) is 3.54. The van der Waals surface area contributed by atoms with Gasteiger partial charge in [-0.15, -0.1) is 11.3 Å². The molecule has 0 N–H and O–H groups in total. The second-order valence-electron chi connectivity index (χ2n) is 11.5. The minimum atomic E-state index is 0.640. The van der Waals surface area contributed by atoms with Gasteiger partial charge in [0.05, 0.1) is 10.2 Å². The molecule has 0 fully saturated rings. The number of pyridine rings is 1. The second kappa shape index (κ2) is 11.4. The molecular formula is C42H26N4S. The number of nitrogens with zero attached hydrogens (tertiary/aromatic N) is 4. The van der Waals surface area contributed by atoms with Gasteiger partial charge in [0, 0.05) is 38.4 Å². The Morgan fingerprint density at radius 1 is 0.426 bits per heavy atom. The molecule has 9 rings (SSSR count). The lowest BCUT2D eigenvalue weighted by Gasteiger charge is -2.11. The number of hydrogen-bond acceptors (Lipinski definition) is 5. The van der Waals surface area contributed by atoms with Gasteiger partial charge in [0.2, 0.25) is 0 Å². The third-order valence-electron chi connectivity index (χ3n) is 8.59. The van der Waals surface area contributed by atoms with E-state index in [9.17, 15) is 0 Å². The molecule has 0 aliphatic carbocycles. The Labute approximate surface area is 275 Å². The molecule has 9 aromatic rings. The van der Waals surface area contributed by atoms with Crippen LogP contribution in [0.2, 0.25) is 0 Å². The summed E-state index contributed by atoms with van der Waals surface area (Å²) in [5.74, 6) is 1.93. The summed E-state index contributed by atoms with van der Waals surface area (Å²) in [5.41, 5.74) is 8.51. The zero-order chi connectivity index (χ0) is 31.2. The summed E-state index contributed by atoms with van der Waals surface area (Å²) >= 11 is 1.81. The lowest BCUT2D eigenvalue weighted by molar-refractivity contribution is 1.07. The highest BCUT2D eigenvalue weighted by molar-refractivity contribution is 7.26. The van der Waals surface area contributed by atoms with E-state index in [0.717, 1.165) is 38.9 Å². The molecule has 4 nitrogen and oxygen atoms in total. The van der Waals surface area contributed by atoms with Crippen LogP contribution in [-0.4, -0.2) is 19.9 Å². The van der Waals surface area contributed by atoms with Crippen molar-refractivity contribution in [2.45, 2.75) is 0 Å². The highest BCUT2D eigenvalue weighted by Crippen LogP contribution is 2.41. The molecule has 0 atom stereocenters. The maximum Gasteiger partial charge on any atom is 0.164 e. The molecule has 3 heterocycles. The third kappa shape index (κ3) is 4.94. The predicted octanol–water partition coefficient (Wildman–Crippen LogP) is 11.1. The fraction of sp³-hybridized carbons (Fsp3) is 0. The molecule has 0 radical (unpaired) electrons. The largest absolute Gasteiger partial charge is 0.255 e. The van der Waals surface area contributed by atoms with Crippen molar-refractivity contribution in [3.8, 4) is 56.4 Å². The molecule has 5 heteroatoms. The van der Waals surface area contributed by atoms with E-state index in [0.29, 0.717) is 17.5 Å². The molecule has 0 amide bonds. The van der Waals surface area contributed by atoms with E-state index in [-0.39, 0.29) is 0 Å². The van der Waals surface area contributed by atoms with Crippen molar-refractivity contribution in [3.05, 3.63) is 158 Å². The van der Waals surface area contributed by atoms with E-state index in [1.54, 1.807) is 0 Å². The van der Waals surface area contributed by atoms with Crippen LogP contribution in [0.1, 0.15) is 0 Å². The first-order valence-corrected chi connectivity index (χ1v) is 16.4. The zero-order valence-corrected chi connectivity index (χ0v) is 26.0. The van der Waals surface area contributed by atoms with Crippen LogP contribution in [0.5, 0.6) is 0 Å². The van der Waals surface area contributed by atoms with E-state index < -0.39 is 0 Å². The standard InChI is InChI=1S/C42H26N4S/c1-3-10-27(11-4-1)32-15-7-16-33(26-32)42-45-40(30-12-5-2-6-13-30)44-41(46-42)31-21-19-28(20-22-31)34-17-8-14-29-23-24-35-38-36(18-9-25-43-38)47-39(35)37(29)34/h1-26H. The van der Waals surface area contributed by atoms with Gasteiger partial charge < -0.3 is 0 Å². The third-order valence-corrected chi connectivity index (χ3v) is 9.76. The van der Waals surface area contributed by atoms with Crippen LogP contribution in [0.3, 0.4) is 0 Å².